The largest absolute Gasteiger partial charge is 0.478 e. The van der Waals surface area contributed by atoms with Gasteiger partial charge in [0, 0.05) is 41.1 Å². The molecule has 2 unspecified atom stereocenters. The van der Waals surface area contributed by atoms with Crippen LogP contribution in [0.2, 0.25) is 0 Å². The first-order valence-electron chi connectivity index (χ1n) is 11.3. The average Bonchev–Trinajstić information content (AvgIpc) is 3.52. The minimum Gasteiger partial charge on any atom is -0.478 e. The average molecular weight is 457 g/mol. The fourth-order valence-corrected chi connectivity index (χ4v) is 5.43. The third-order valence-corrected chi connectivity index (χ3v) is 7.10. The molecule has 172 valence electrons. The standard InChI is InChI=1S/C22H27N5O2S.CH5N/c1-3-29-20-11-16(15-6-7-23-21(15)26-20)22-24-17(18-5-4-10-30-18)12-19(25-22)27-8-9-28-13-14(27)2;1-2/h6-7,11-12,14,18H,3-5,8-10,13H2,1-2H3,(H,23,26);2H2,1H3. The molecule has 2 aliphatic rings. The molecule has 0 amide bonds. The van der Waals surface area contributed by atoms with Crippen molar-refractivity contribution >= 4 is 28.6 Å². The van der Waals surface area contributed by atoms with E-state index in [1.165, 1.54) is 25.6 Å². The summed E-state index contributed by atoms with van der Waals surface area (Å²) in [7, 11) is 1.50. The first kappa shape index (κ1) is 22.8. The normalized spacial score (nSPS) is 20.8. The van der Waals surface area contributed by atoms with Gasteiger partial charge in [-0.25, -0.2) is 9.97 Å². The first-order chi connectivity index (χ1) is 15.7. The van der Waals surface area contributed by atoms with Gasteiger partial charge >= 0.3 is 0 Å². The van der Waals surface area contributed by atoms with Crippen molar-refractivity contribution in [3.63, 3.8) is 0 Å². The molecule has 3 N–H and O–H groups in total. The van der Waals surface area contributed by atoms with Gasteiger partial charge in [0.15, 0.2) is 5.82 Å². The fraction of sp³-hybridized carbons (Fsp3) is 0.522. The van der Waals surface area contributed by atoms with E-state index in [1.54, 1.807) is 0 Å². The summed E-state index contributed by atoms with van der Waals surface area (Å²) < 4.78 is 11.4. The number of rotatable bonds is 5. The highest BCUT2D eigenvalue weighted by Crippen LogP contribution is 2.41. The Morgan fingerprint density at radius 3 is 2.91 bits per heavy atom. The minimum absolute atomic E-state index is 0.286. The Bertz CT molecular complexity index is 1040. The maximum Gasteiger partial charge on any atom is 0.215 e. The summed E-state index contributed by atoms with van der Waals surface area (Å²) >= 11 is 2.00. The molecular formula is C23H32N6O2S. The van der Waals surface area contributed by atoms with Crippen molar-refractivity contribution in [2.45, 2.75) is 38.0 Å². The number of nitrogens with two attached hydrogens (primary N) is 1. The molecule has 5 rings (SSSR count). The van der Waals surface area contributed by atoms with E-state index in [2.05, 4.69) is 33.6 Å². The molecule has 0 spiro atoms. The van der Waals surface area contributed by atoms with Crippen LogP contribution < -0.4 is 15.4 Å². The molecule has 3 aromatic rings. The molecule has 3 aromatic heterocycles. The zero-order valence-corrected chi connectivity index (χ0v) is 19.8. The van der Waals surface area contributed by atoms with Gasteiger partial charge in [-0.2, -0.15) is 16.7 Å². The lowest BCUT2D eigenvalue weighted by Gasteiger charge is -2.34. The minimum atomic E-state index is 0.286. The summed E-state index contributed by atoms with van der Waals surface area (Å²) in [6, 6.07) is 6.47. The van der Waals surface area contributed by atoms with E-state index in [9.17, 15) is 0 Å². The lowest BCUT2D eigenvalue weighted by molar-refractivity contribution is 0.0985. The van der Waals surface area contributed by atoms with Crippen molar-refractivity contribution < 1.29 is 9.47 Å². The Balaban J connectivity index is 0.00000119. The number of nitrogens with zero attached hydrogens (tertiary/aromatic N) is 4. The highest BCUT2D eigenvalue weighted by Gasteiger charge is 2.26. The van der Waals surface area contributed by atoms with Gasteiger partial charge < -0.3 is 25.1 Å². The van der Waals surface area contributed by atoms with Crippen LogP contribution in [0, 0.1) is 0 Å². The van der Waals surface area contributed by atoms with E-state index in [1.807, 2.05) is 37.0 Å². The van der Waals surface area contributed by atoms with Crippen LogP contribution in [0.5, 0.6) is 5.88 Å². The summed E-state index contributed by atoms with van der Waals surface area (Å²) in [5.41, 5.74) is 7.37. The van der Waals surface area contributed by atoms with Crippen LogP contribution in [-0.2, 0) is 4.74 Å². The topological polar surface area (TPSA) is 102 Å². The number of pyridine rings is 1. The second kappa shape index (κ2) is 10.5. The van der Waals surface area contributed by atoms with Crippen LogP contribution in [0.25, 0.3) is 22.4 Å². The Morgan fingerprint density at radius 1 is 1.28 bits per heavy atom. The number of thioether (sulfide) groups is 1. The second-order valence-electron chi connectivity index (χ2n) is 7.77. The van der Waals surface area contributed by atoms with E-state index in [4.69, 9.17) is 19.4 Å². The Labute approximate surface area is 193 Å². The number of hydrogen-bond acceptors (Lipinski definition) is 8. The maximum absolute atomic E-state index is 5.72. The van der Waals surface area contributed by atoms with Crippen LogP contribution in [-0.4, -0.2) is 65.1 Å². The molecule has 2 aliphatic heterocycles. The van der Waals surface area contributed by atoms with Crippen LogP contribution in [0.1, 0.15) is 37.6 Å². The molecule has 2 fully saturated rings. The predicted molar refractivity (Wildman–Crippen MR) is 130 cm³/mol. The van der Waals surface area contributed by atoms with E-state index in [-0.39, 0.29) is 6.04 Å². The number of H-pyrrole nitrogens is 1. The lowest BCUT2D eigenvalue weighted by atomic mass is 10.1. The summed E-state index contributed by atoms with van der Waals surface area (Å²) in [6.45, 7) is 7.01. The first-order valence-corrected chi connectivity index (χ1v) is 12.3. The van der Waals surface area contributed by atoms with Crippen molar-refractivity contribution in [2.75, 3.05) is 44.1 Å². The number of aromatic nitrogens is 4. The molecule has 0 radical (unpaired) electrons. The molecule has 2 saturated heterocycles. The van der Waals surface area contributed by atoms with E-state index < -0.39 is 0 Å². The maximum atomic E-state index is 5.72. The number of morpholine rings is 1. The Hall–Kier alpha value is -2.36. The van der Waals surface area contributed by atoms with Gasteiger partial charge in [-0.1, -0.05) is 0 Å². The zero-order valence-electron chi connectivity index (χ0n) is 19.0. The highest BCUT2D eigenvalue weighted by atomic mass is 32.2. The predicted octanol–water partition coefficient (Wildman–Crippen LogP) is 3.79. The van der Waals surface area contributed by atoms with Gasteiger partial charge in [-0.3, -0.25) is 0 Å². The third kappa shape index (κ3) is 4.69. The summed E-state index contributed by atoms with van der Waals surface area (Å²) in [5, 5.41) is 1.44. The van der Waals surface area contributed by atoms with Gasteiger partial charge in [0.2, 0.25) is 5.88 Å². The van der Waals surface area contributed by atoms with E-state index in [0.717, 1.165) is 53.7 Å². The van der Waals surface area contributed by atoms with E-state index >= 15 is 0 Å². The molecule has 8 nitrogen and oxygen atoms in total. The smallest absolute Gasteiger partial charge is 0.215 e. The Morgan fingerprint density at radius 2 is 2.16 bits per heavy atom. The number of aromatic amines is 1. The molecule has 5 heterocycles. The van der Waals surface area contributed by atoms with Gasteiger partial charge in [0.1, 0.15) is 11.5 Å². The van der Waals surface area contributed by atoms with Crippen LogP contribution in [0.3, 0.4) is 0 Å². The highest BCUT2D eigenvalue weighted by molar-refractivity contribution is 7.99. The van der Waals surface area contributed by atoms with Crippen molar-refractivity contribution in [2.24, 2.45) is 5.73 Å². The second-order valence-corrected chi connectivity index (χ2v) is 9.09. The molecule has 0 saturated carbocycles. The molecule has 0 aromatic carbocycles. The lowest BCUT2D eigenvalue weighted by Crippen LogP contribution is -2.44. The molecule has 9 heteroatoms. The van der Waals surface area contributed by atoms with Gasteiger partial charge in [0.05, 0.1) is 31.6 Å². The van der Waals surface area contributed by atoms with Crippen LogP contribution in [0.4, 0.5) is 5.82 Å². The molecule has 2 atom stereocenters. The summed E-state index contributed by atoms with van der Waals surface area (Å²) in [6.07, 6.45) is 4.31. The number of fused-ring (bicyclic) bond motifs is 1. The van der Waals surface area contributed by atoms with Gasteiger partial charge in [-0.05, 0) is 45.6 Å². The zero-order chi connectivity index (χ0) is 22.5. The third-order valence-electron chi connectivity index (χ3n) is 5.69. The van der Waals surface area contributed by atoms with Crippen LogP contribution in [0.15, 0.2) is 24.4 Å². The quantitative estimate of drug-likeness (QED) is 0.598. The number of hydrogen-bond donors (Lipinski definition) is 2. The van der Waals surface area contributed by atoms with Crippen molar-refractivity contribution in [1.29, 1.82) is 0 Å². The number of anilines is 1. The molecule has 0 aliphatic carbocycles. The SMILES string of the molecule is CCOc1cc(-c2nc(C3CCCS3)cc(N3CCOCC3C)n2)c2cc[nH]c2n1.CN. The fourth-order valence-electron chi connectivity index (χ4n) is 4.18. The Kier molecular flexibility index (Phi) is 7.49. The van der Waals surface area contributed by atoms with Crippen LogP contribution >= 0.6 is 11.8 Å². The monoisotopic (exact) mass is 456 g/mol. The van der Waals surface area contributed by atoms with E-state index in [0.29, 0.717) is 17.7 Å². The van der Waals surface area contributed by atoms with Gasteiger partial charge in [-0.15, -0.1) is 0 Å². The molecule has 0 bridgehead atoms. The van der Waals surface area contributed by atoms with Gasteiger partial charge in [0.25, 0.3) is 0 Å². The summed E-state index contributed by atoms with van der Waals surface area (Å²) in [5.74, 6) is 3.51. The molecule has 32 heavy (non-hydrogen) atoms. The summed E-state index contributed by atoms with van der Waals surface area (Å²) in [4.78, 5) is 20.2. The molecular weight excluding hydrogens is 424 g/mol. The van der Waals surface area contributed by atoms with Crippen molar-refractivity contribution in [3.05, 3.63) is 30.1 Å². The number of nitrogens with one attached hydrogen (secondary N) is 1. The van der Waals surface area contributed by atoms with Crippen molar-refractivity contribution in [1.82, 2.24) is 19.9 Å². The van der Waals surface area contributed by atoms with Crippen molar-refractivity contribution in [3.8, 4) is 17.3 Å². The number of ether oxygens (including phenoxy) is 2.